The molecule has 0 spiro atoms. The highest BCUT2D eigenvalue weighted by molar-refractivity contribution is 6.50. The van der Waals surface area contributed by atoms with Gasteiger partial charge < -0.3 is 0 Å². The van der Waals surface area contributed by atoms with Gasteiger partial charge in [-0.15, -0.1) is 0 Å². The summed E-state index contributed by atoms with van der Waals surface area (Å²) in [7, 11) is 0. The molecular weight excluding hydrogens is 447 g/mol. The monoisotopic (exact) mass is 464 g/mol. The summed E-state index contributed by atoms with van der Waals surface area (Å²) >= 11 is 12.8. The molecule has 2 atom stereocenters. The van der Waals surface area contributed by atoms with Crippen LogP contribution in [0.15, 0.2) is 69.7 Å². The molecule has 0 bridgehead atoms. The van der Waals surface area contributed by atoms with Crippen molar-refractivity contribution in [2.75, 3.05) is 0 Å². The number of hydrogen-bond donors (Lipinski definition) is 0. The topological polar surface area (TPSA) is 68.3 Å². The third-order valence-electron chi connectivity index (χ3n) is 6.68. The quantitative estimate of drug-likeness (QED) is 0.551. The number of carbonyl (C=O) groups excluding carboxylic acids is 4. The molecule has 0 N–H and O–H groups in total. The fourth-order valence-electron chi connectivity index (χ4n) is 5.17. The maximum Gasteiger partial charge on any atom is 0.205 e. The minimum Gasteiger partial charge on any atom is -0.289 e. The van der Waals surface area contributed by atoms with E-state index in [1.165, 1.54) is 0 Å². The highest BCUT2D eigenvalue weighted by Gasteiger charge is 2.41. The molecule has 160 valence electrons. The Morgan fingerprint density at radius 3 is 1.28 bits per heavy atom. The normalized spacial score (nSPS) is 23.4. The van der Waals surface area contributed by atoms with Crippen molar-refractivity contribution in [3.05, 3.63) is 92.0 Å². The number of hydrogen-bond acceptors (Lipinski definition) is 4. The lowest BCUT2D eigenvalue weighted by molar-refractivity contribution is 0.0952. The number of allylic oxidation sites excluding steroid dienone is 4. The Morgan fingerprint density at radius 2 is 0.906 bits per heavy atom. The van der Waals surface area contributed by atoms with Gasteiger partial charge in [0.15, 0.2) is 11.6 Å². The largest absolute Gasteiger partial charge is 0.289 e. The smallest absolute Gasteiger partial charge is 0.205 e. The molecule has 0 aromatic heterocycles. The van der Waals surface area contributed by atoms with Crippen LogP contribution in [0.3, 0.4) is 0 Å². The zero-order chi connectivity index (χ0) is 22.6. The van der Waals surface area contributed by atoms with Gasteiger partial charge in [-0.1, -0.05) is 78.2 Å². The van der Waals surface area contributed by atoms with Gasteiger partial charge in [0.1, 0.15) is 0 Å². The molecule has 1 saturated carbocycles. The van der Waals surface area contributed by atoms with Crippen LogP contribution in [0.5, 0.6) is 0 Å². The van der Waals surface area contributed by atoms with E-state index in [4.69, 9.17) is 23.2 Å². The number of carbonyl (C=O) groups is 4. The molecule has 4 nitrogen and oxygen atoms in total. The van der Waals surface area contributed by atoms with Gasteiger partial charge in [-0.2, -0.15) is 0 Å². The zero-order valence-corrected chi connectivity index (χ0v) is 18.5. The number of Topliss-reactive ketones (excluding diaryl/α,β-unsaturated/α-hetero) is 4. The van der Waals surface area contributed by atoms with Gasteiger partial charge in [0.2, 0.25) is 11.6 Å². The van der Waals surface area contributed by atoms with Gasteiger partial charge in [0.25, 0.3) is 0 Å². The summed E-state index contributed by atoms with van der Waals surface area (Å²) in [6.07, 6.45) is 2.50. The molecule has 6 heteroatoms. The van der Waals surface area contributed by atoms with Gasteiger partial charge in [0.05, 0.1) is 10.1 Å². The van der Waals surface area contributed by atoms with Crippen molar-refractivity contribution in [1.82, 2.24) is 0 Å². The molecule has 0 radical (unpaired) electrons. The molecule has 2 aromatic carbocycles. The molecule has 0 aliphatic heterocycles. The lowest BCUT2D eigenvalue weighted by Gasteiger charge is -2.34. The van der Waals surface area contributed by atoms with E-state index >= 15 is 0 Å². The number of benzene rings is 2. The third kappa shape index (κ3) is 3.13. The van der Waals surface area contributed by atoms with Crippen molar-refractivity contribution < 1.29 is 19.2 Å². The lowest BCUT2D eigenvalue weighted by Crippen LogP contribution is -2.31. The van der Waals surface area contributed by atoms with Crippen LogP contribution in [0.4, 0.5) is 0 Å². The molecule has 1 fully saturated rings. The van der Waals surface area contributed by atoms with E-state index in [-0.39, 0.29) is 45.0 Å². The Labute approximate surface area is 194 Å². The second-order valence-electron chi connectivity index (χ2n) is 8.42. The maximum atomic E-state index is 13.2. The van der Waals surface area contributed by atoms with E-state index in [0.717, 1.165) is 6.42 Å². The van der Waals surface area contributed by atoms with Crippen molar-refractivity contribution in [1.29, 1.82) is 0 Å². The van der Waals surface area contributed by atoms with Crippen molar-refractivity contribution in [3.8, 4) is 0 Å². The molecule has 3 aliphatic rings. The second-order valence-corrected chi connectivity index (χ2v) is 9.18. The van der Waals surface area contributed by atoms with Gasteiger partial charge in [0, 0.05) is 33.4 Å². The molecule has 2 unspecified atom stereocenters. The maximum absolute atomic E-state index is 13.2. The molecule has 0 heterocycles. The highest BCUT2D eigenvalue weighted by Crippen LogP contribution is 2.45. The lowest BCUT2D eigenvalue weighted by atomic mass is 9.69. The number of rotatable bonds is 2. The van der Waals surface area contributed by atoms with Gasteiger partial charge in [-0.3, -0.25) is 19.2 Å². The summed E-state index contributed by atoms with van der Waals surface area (Å²) in [4.78, 5) is 52.1. The first-order chi connectivity index (χ1) is 15.4. The fraction of sp³-hybridized carbons (Fsp3) is 0.231. The average molecular weight is 465 g/mol. The average Bonchev–Trinajstić information content (AvgIpc) is 2.82. The Bertz CT molecular complexity index is 1190. The molecular formula is C26H18Cl2O4. The van der Waals surface area contributed by atoms with E-state index in [1.54, 1.807) is 48.5 Å². The van der Waals surface area contributed by atoms with E-state index in [2.05, 4.69) is 0 Å². The Morgan fingerprint density at radius 1 is 0.562 bits per heavy atom. The molecule has 5 rings (SSSR count). The van der Waals surface area contributed by atoms with Crippen molar-refractivity contribution >= 4 is 46.3 Å². The summed E-state index contributed by atoms with van der Waals surface area (Å²) in [6, 6.07) is 13.3. The highest BCUT2D eigenvalue weighted by atomic mass is 35.5. The fourth-order valence-corrected chi connectivity index (χ4v) is 5.86. The standard InChI is InChI=1S/C26H18Cl2O4/c27-21-19(23(29)15-8-1-3-10-17(15)25(21)31)13-6-5-7-14(12-13)20-22(28)26(32)18-11-4-2-9-16(18)24(20)30/h1-4,8-11,13-14H,5-7,12H2. The van der Waals surface area contributed by atoms with Crippen molar-refractivity contribution in [2.24, 2.45) is 11.8 Å². The molecule has 2 aromatic rings. The van der Waals surface area contributed by atoms with Crippen LogP contribution in [0.1, 0.15) is 67.1 Å². The van der Waals surface area contributed by atoms with Gasteiger partial charge in [-0.25, -0.2) is 0 Å². The van der Waals surface area contributed by atoms with Gasteiger partial charge in [-0.05, 0) is 31.1 Å². The van der Waals surface area contributed by atoms with E-state index in [9.17, 15) is 19.2 Å². The molecule has 0 amide bonds. The van der Waals surface area contributed by atoms with Crippen LogP contribution in [-0.2, 0) is 0 Å². The zero-order valence-electron chi connectivity index (χ0n) is 17.0. The first-order valence-electron chi connectivity index (χ1n) is 10.6. The summed E-state index contributed by atoms with van der Waals surface area (Å²) in [5, 5.41) is -0.0911. The van der Waals surface area contributed by atoms with E-state index in [0.29, 0.717) is 52.7 Å². The number of fused-ring (bicyclic) bond motifs is 2. The Balaban J connectivity index is 1.51. The molecule has 3 aliphatic carbocycles. The first-order valence-corrected chi connectivity index (χ1v) is 11.3. The summed E-state index contributed by atoms with van der Waals surface area (Å²) in [5.74, 6) is -1.77. The number of halogens is 2. The summed E-state index contributed by atoms with van der Waals surface area (Å²) in [5.41, 5.74) is 1.96. The van der Waals surface area contributed by atoms with E-state index in [1.807, 2.05) is 0 Å². The number of ketones is 4. The Hall–Kier alpha value is -2.82. The predicted octanol–water partition coefficient (Wildman–Crippen LogP) is 5.94. The second kappa shape index (κ2) is 7.95. The minimum atomic E-state index is -0.353. The van der Waals surface area contributed by atoms with Crippen LogP contribution in [0.25, 0.3) is 0 Å². The summed E-state index contributed by atoms with van der Waals surface area (Å²) in [6.45, 7) is 0. The van der Waals surface area contributed by atoms with Crippen molar-refractivity contribution in [2.45, 2.75) is 25.7 Å². The SMILES string of the molecule is O=C1C(Cl)=C(C2CCCC(C3=C(Cl)C(=O)c4ccccc4C3=O)C2)C(=O)c2ccccc21. The minimum absolute atomic E-state index is 0.0455. The summed E-state index contributed by atoms with van der Waals surface area (Å²) < 4.78 is 0. The van der Waals surface area contributed by atoms with Gasteiger partial charge >= 0.3 is 0 Å². The predicted molar refractivity (Wildman–Crippen MR) is 121 cm³/mol. The van der Waals surface area contributed by atoms with Crippen LogP contribution in [0, 0.1) is 11.8 Å². The first kappa shape index (κ1) is 21.0. The molecule has 32 heavy (non-hydrogen) atoms. The van der Waals surface area contributed by atoms with Crippen LogP contribution in [-0.4, -0.2) is 23.1 Å². The third-order valence-corrected chi connectivity index (χ3v) is 7.43. The van der Waals surface area contributed by atoms with Crippen LogP contribution in [0.2, 0.25) is 0 Å². The van der Waals surface area contributed by atoms with Crippen molar-refractivity contribution in [3.63, 3.8) is 0 Å². The van der Waals surface area contributed by atoms with Crippen LogP contribution >= 0.6 is 23.2 Å². The molecule has 0 saturated heterocycles. The van der Waals surface area contributed by atoms with E-state index < -0.39 is 0 Å². The van der Waals surface area contributed by atoms with Crippen LogP contribution < -0.4 is 0 Å². The Kier molecular flexibility index (Phi) is 5.23.